The Labute approximate surface area is 154 Å². The molecule has 0 heterocycles. The van der Waals surface area contributed by atoms with Gasteiger partial charge in [-0.25, -0.2) is 0 Å². The summed E-state index contributed by atoms with van der Waals surface area (Å²) in [6, 6.07) is 10.7. The van der Waals surface area contributed by atoms with E-state index in [2.05, 4.69) is 0 Å². The standard InChI is InChI=1S/C16H17F3IO5S/c1-2-24-12-25-15-10-8-14(9-11-15)20(19,13-6-4-3-5-7-13)16(17,18)26(21,22)23/h3-11H,2,12H2,1H3,(H,21,22,23)/q-1/p-1. The molecule has 0 amide bonds. The Morgan fingerprint density at radius 2 is 1.58 bits per heavy atom. The van der Waals surface area contributed by atoms with Gasteiger partial charge in [0.1, 0.15) is 0 Å². The number of ether oxygens (including phenoxy) is 2. The van der Waals surface area contributed by atoms with Gasteiger partial charge in [0.05, 0.1) is 0 Å². The summed E-state index contributed by atoms with van der Waals surface area (Å²) >= 11 is -6.30. The van der Waals surface area contributed by atoms with Crippen LogP contribution in [0.3, 0.4) is 0 Å². The van der Waals surface area contributed by atoms with Crippen molar-refractivity contribution in [2.24, 2.45) is 0 Å². The summed E-state index contributed by atoms with van der Waals surface area (Å²) < 4.78 is 82.2. The summed E-state index contributed by atoms with van der Waals surface area (Å²) in [5, 5.41) is 0. The van der Waals surface area contributed by atoms with Crippen LogP contribution in [0.4, 0.5) is 11.6 Å². The van der Waals surface area contributed by atoms with E-state index in [1.54, 1.807) is 6.92 Å². The molecule has 0 N–H and O–H groups in total. The molecule has 0 aromatic heterocycles. The van der Waals surface area contributed by atoms with Gasteiger partial charge in [0.25, 0.3) is 0 Å². The van der Waals surface area contributed by atoms with Crippen LogP contribution in [0.15, 0.2) is 54.6 Å². The molecule has 0 fully saturated rings. The van der Waals surface area contributed by atoms with Crippen LogP contribution in [-0.4, -0.2) is 29.6 Å². The number of benzene rings is 2. The first-order valence-electron chi connectivity index (χ1n) is 7.30. The SMILES string of the molecule is CCOCOc1ccc([I-](F)(c2ccccc2)C(F)(F)S(=O)(=O)[O-])cc1. The quantitative estimate of drug-likeness (QED) is 0.169. The van der Waals surface area contributed by atoms with E-state index in [9.17, 15) is 21.8 Å². The molecule has 5 nitrogen and oxygen atoms in total. The molecule has 0 saturated heterocycles. The van der Waals surface area contributed by atoms with Gasteiger partial charge in [-0.15, -0.1) is 0 Å². The van der Waals surface area contributed by atoms with Crippen molar-refractivity contribution in [3.8, 4) is 5.75 Å². The number of alkyl halides is 3. The van der Waals surface area contributed by atoms with Crippen molar-refractivity contribution < 1.29 is 53.1 Å². The summed E-state index contributed by atoms with van der Waals surface area (Å²) in [4.78, 5) is 0. The maximum atomic E-state index is 15.8. The first-order valence-corrected chi connectivity index (χ1v) is 12.8. The van der Waals surface area contributed by atoms with Crippen LogP contribution in [-0.2, 0) is 14.9 Å². The Morgan fingerprint density at radius 1 is 1.04 bits per heavy atom. The van der Waals surface area contributed by atoms with E-state index in [4.69, 9.17) is 9.47 Å². The normalized spacial score (nSPS) is 15.9. The molecule has 26 heavy (non-hydrogen) atoms. The predicted octanol–water partition coefficient (Wildman–Crippen LogP) is 0.239. The van der Waals surface area contributed by atoms with Crippen molar-refractivity contribution in [1.82, 2.24) is 0 Å². The van der Waals surface area contributed by atoms with E-state index in [0.29, 0.717) is 6.61 Å². The molecule has 0 radical (unpaired) electrons. The molecule has 1 unspecified atom stereocenters. The van der Waals surface area contributed by atoms with Crippen LogP contribution in [0.5, 0.6) is 5.75 Å². The van der Waals surface area contributed by atoms with E-state index >= 15 is 2.86 Å². The second-order valence-corrected chi connectivity index (χ2v) is 13.7. The summed E-state index contributed by atoms with van der Waals surface area (Å²) in [6.07, 6.45) is 0. The van der Waals surface area contributed by atoms with E-state index in [1.165, 1.54) is 30.3 Å². The van der Waals surface area contributed by atoms with Crippen molar-refractivity contribution in [2.75, 3.05) is 13.4 Å². The third-order valence-electron chi connectivity index (χ3n) is 3.25. The summed E-state index contributed by atoms with van der Waals surface area (Å²) in [5.41, 5.74) is 0. The van der Waals surface area contributed by atoms with Crippen molar-refractivity contribution in [1.29, 1.82) is 0 Å². The van der Waals surface area contributed by atoms with Crippen molar-refractivity contribution in [3.05, 3.63) is 61.7 Å². The van der Waals surface area contributed by atoms with Gasteiger partial charge in [-0.1, -0.05) is 0 Å². The third kappa shape index (κ3) is 3.97. The molecule has 2 rings (SSSR count). The second-order valence-electron chi connectivity index (χ2n) is 4.90. The molecular formula is C16H16F3IO5S-2. The fraction of sp³-hybridized carbons (Fsp3) is 0.250. The van der Waals surface area contributed by atoms with Gasteiger partial charge in [-0.05, 0) is 0 Å². The van der Waals surface area contributed by atoms with Gasteiger partial charge in [0, 0.05) is 0 Å². The van der Waals surface area contributed by atoms with Crippen LogP contribution in [0.25, 0.3) is 0 Å². The maximum absolute atomic E-state index is 15.8. The molecule has 0 bridgehead atoms. The van der Waals surface area contributed by atoms with Crippen LogP contribution in [0.1, 0.15) is 6.92 Å². The molecule has 0 saturated carbocycles. The number of hydrogen-bond donors (Lipinski definition) is 0. The minimum absolute atomic E-state index is 0.0821. The summed E-state index contributed by atoms with van der Waals surface area (Å²) in [7, 11) is -6.21. The zero-order chi connectivity index (χ0) is 19.4. The third-order valence-corrected chi connectivity index (χ3v) is 13.5. The topological polar surface area (TPSA) is 75.7 Å². The van der Waals surface area contributed by atoms with E-state index in [0.717, 1.165) is 24.3 Å². The van der Waals surface area contributed by atoms with Crippen molar-refractivity contribution in [3.63, 3.8) is 0 Å². The number of halogens is 4. The molecule has 0 aliphatic heterocycles. The second kappa shape index (κ2) is 8.11. The van der Waals surface area contributed by atoms with Gasteiger partial charge in [-0.3, -0.25) is 0 Å². The Kier molecular flexibility index (Phi) is 6.53. The summed E-state index contributed by atoms with van der Waals surface area (Å²) in [5.74, 6) is 0.229. The molecular weight excluding hydrogens is 488 g/mol. The molecule has 0 spiro atoms. The van der Waals surface area contributed by atoms with Crippen LogP contribution >= 0.6 is 0 Å². The fourth-order valence-electron chi connectivity index (χ4n) is 2.00. The van der Waals surface area contributed by atoms with Gasteiger partial charge in [0.15, 0.2) is 0 Å². The first-order chi connectivity index (χ1) is 12.1. The Bertz CT molecular complexity index is 831. The molecule has 1 atom stereocenters. The molecule has 146 valence electrons. The van der Waals surface area contributed by atoms with Gasteiger partial charge in [-0.2, -0.15) is 0 Å². The minimum atomic E-state index is -6.30. The first kappa shape index (κ1) is 20.9. The molecule has 0 aliphatic rings. The van der Waals surface area contributed by atoms with Gasteiger partial charge >= 0.3 is 154 Å². The molecule has 2 aromatic carbocycles. The van der Waals surface area contributed by atoms with Crippen molar-refractivity contribution in [2.45, 2.75) is 10.2 Å². The zero-order valence-electron chi connectivity index (χ0n) is 13.6. The van der Waals surface area contributed by atoms with Crippen LogP contribution < -0.4 is 23.7 Å². The molecule has 10 heteroatoms. The molecule has 0 aliphatic carbocycles. The number of rotatable bonds is 8. The zero-order valence-corrected chi connectivity index (χ0v) is 16.5. The Balaban J connectivity index is 2.52. The van der Waals surface area contributed by atoms with E-state index in [1.807, 2.05) is 0 Å². The van der Waals surface area contributed by atoms with Gasteiger partial charge in [0.2, 0.25) is 0 Å². The Hall–Kier alpha value is -1.37. The number of hydrogen-bond acceptors (Lipinski definition) is 5. The molecule has 2 aromatic rings. The predicted molar refractivity (Wildman–Crippen MR) is 83.2 cm³/mol. The summed E-state index contributed by atoms with van der Waals surface area (Å²) in [6.45, 7) is 2.08. The fourth-order valence-corrected chi connectivity index (χ4v) is 10.6. The monoisotopic (exact) mass is 504 g/mol. The van der Waals surface area contributed by atoms with E-state index < -0.39 is 39.5 Å². The average Bonchev–Trinajstić information content (AvgIpc) is 2.61. The van der Waals surface area contributed by atoms with Gasteiger partial charge < -0.3 is 0 Å². The van der Waals surface area contributed by atoms with Crippen LogP contribution in [0.2, 0.25) is 0 Å². The van der Waals surface area contributed by atoms with Crippen molar-refractivity contribution >= 4 is 10.1 Å². The van der Waals surface area contributed by atoms with E-state index in [-0.39, 0.29) is 12.5 Å². The van der Waals surface area contributed by atoms with Crippen LogP contribution in [0, 0.1) is 7.14 Å². The average molecular weight is 504 g/mol. The Morgan fingerprint density at radius 3 is 2.08 bits per heavy atom.